The molecule has 1 amide bonds. The van der Waals surface area contributed by atoms with Crippen LogP contribution in [0.25, 0.3) is 0 Å². The van der Waals surface area contributed by atoms with E-state index in [1.165, 1.54) is 0 Å². The van der Waals surface area contributed by atoms with Crippen LogP contribution in [0.2, 0.25) is 0 Å². The average Bonchev–Trinajstić information content (AvgIpc) is 2.32. The summed E-state index contributed by atoms with van der Waals surface area (Å²) in [6.07, 6.45) is 0.256. The Bertz CT molecular complexity index is 449. The molecule has 0 aliphatic carbocycles. The van der Waals surface area contributed by atoms with Crippen molar-refractivity contribution in [3.63, 3.8) is 0 Å². The van der Waals surface area contributed by atoms with Gasteiger partial charge in [-0.1, -0.05) is 0 Å². The van der Waals surface area contributed by atoms with Crippen molar-refractivity contribution in [1.82, 2.24) is 0 Å². The van der Waals surface area contributed by atoms with Crippen LogP contribution in [-0.4, -0.2) is 25.0 Å². The van der Waals surface area contributed by atoms with Crippen molar-refractivity contribution in [2.75, 3.05) is 18.5 Å². The number of esters is 1. The summed E-state index contributed by atoms with van der Waals surface area (Å²) in [6, 6.07) is 4.85. The van der Waals surface area contributed by atoms with E-state index in [1.807, 2.05) is 0 Å². The van der Waals surface area contributed by atoms with Gasteiger partial charge in [0.15, 0.2) is 0 Å². The van der Waals surface area contributed by atoms with Crippen LogP contribution in [0.3, 0.4) is 0 Å². The van der Waals surface area contributed by atoms with Gasteiger partial charge in [0.1, 0.15) is 0 Å². The summed E-state index contributed by atoms with van der Waals surface area (Å²) in [4.78, 5) is 22.9. The number of hydrogen-bond donors (Lipinski definition) is 2. The molecule has 0 saturated heterocycles. The molecule has 0 saturated carbocycles. The number of rotatable bonds is 5. The zero-order chi connectivity index (χ0) is 13.5. The van der Waals surface area contributed by atoms with Gasteiger partial charge in [-0.25, -0.2) is 4.79 Å². The predicted octanol–water partition coefficient (Wildman–Crippen LogP) is 1.91. The number of hydrogen-bond acceptors (Lipinski definition) is 4. The van der Waals surface area contributed by atoms with E-state index < -0.39 is 5.97 Å². The van der Waals surface area contributed by atoms with Crippen LogP contribution in [0, 0.1) is 0 Å². The van der Waals surface area contributed by atoms with E-state index in [1.54, 1.807) is 25.1 Å². The maximum absolute atomic E-state index is 11.5. The van der Waals surface area contributed by atoms with E-state index in [4.69, 9.17) is 10.5 Å². The molecule has 1 aromatic rings. The van der Waals surface area contributed by atoms with Gasteiger partial charge < -0.3 is 15.8 Å². The first-order chi connectivity index (χ1) is 8.58. The maximum Gasteiger partial charge on any atom is 0.338 e. The molecule has 5 nitrogen and oxygen atoms in total. The molecule has 0 radical (unpaired) electrons. The number of benzene rings is 1. The fourth-order valence-electron chi connectivity index (χ4n) is 1.30. The van der Waals surface area contributed by atoms with Gasteiger partial charge in [0, 0.05) is 17.4 Å². The lowest BCUT2D eigenvalue weighted by Gasteiger charge is -2.08. The van der Waals surface area contributed by atoms with Gasteiger partial charge in [-0.15, -0.1) is 0 Å². The first-order valence-electron chi connectivity index (χ1n) is 5.55. The molecule has 0 fully saturated rings. The fraction of sp³-hybridized carbons (Fsp3) is 0.333. The number of amides is 1. The summed E-state index contributed by atoms with van der Waals surface area (Å²) in [5, 5.41) is 2.69. The highest BCUT2D eigenvalue weighted by atomic mass is 79.9. The van der Waals surface area contributed by atoms with Crippen LogP contribution < -0.4 is 11.1 Å². The summed E-state index contributed by atoms with van der Waals surface area (Å²) >= 11 is 3.29. The number of nitrogens with two attached hydrogens (primary N) is 1. The predicted molar refractivity (Wildman–Crippen MR) is 72.4 cm³/mol. The molecule has 0 spiro atoms. The molecule has 0 bridgehead atoms. The molecule has 0 atom stereocenters. The molecule has 1 aromatic carbocycles. The Hall–Kier alpha value is -1.40. The zero-order valence-corrected chi connectivity index (χ0v) is 11.6. The minimum absolute atomic E-state index is 0.165. The van der Waals surface area contributed by atoms with Gasteiger partial charge in [0.2, 0.25) is 5.91 Å². The number of carbonyl (C=O) groups is 2. The van der Waals surface area contributed by atoms with Crippen molar-refractivity contribution >= 4 is 33.5 Å². The highest BCUT2D eigenvalue weighted by Gasteiger charge is 2.10. The third-order valence-corrected chi connectivity index (χ3v) is 2.78. The molecule has 18 heavy (non-hydrogen) atoms. The smallest absolute Gasteiger partial charge is 0.338 e. The van der Waals surface area contributed by atoms with Crippen molar-refractivity contribution in [2.45, 2.75) is 13.3 Å². The maximum atomic E-state index is 11.5. The van der Waals surface area contributed by atoms with Crippen molar-refractivity contribution in [3.8, 4) is 0 Å². The lowest BCUT2D eigenvalue weighted by atomic mass is 10.2. The molecule has 1 rings (SSSR count). The molecular formula is C12H15BrN2O3. The van der Waals surface area contributed by atoms with Gasteiger partial charge in [-0.05, 0) is 41.1 Å². The quantitative estimate of drug-likeness (QED) is 0.813. The molecule has 0 unspecified atom stereocenters. The van der Waals surface area contributed by atoms with E-state index in [0.717, 1.165) is 0 Å². The molecule has 0 aliphatic rings. The summed E-state index contributed by atoms with van der Waals surface area (Å²) in [5.41, 5.74) is 6.31. The minimum atomic E-state index is -0.391. The topological polar surface area (TPSA) is 81.4 Å². The van der Waals surface area contributed by atoms with Gasteiger partial charge >= 0.3 is 5.97 Å². The van der Waals surface area contributed by atoms with Crippen molar-refractivity contribution in [3.05, 3.63) is 28.2 Å². The Morgan fingerprint density at radius 2 is 2.17 bits per heavy atom. The zero-order valence-electron chi connectivity index (χ0n) is 10.0. The second kappa shape index (κ2) is 7.13. The summed E-state index contributed by atoms with van der Waals surface area (Å²) in [6.45, 7) is 2.37. The SMILES string of the molecule is CCOC(=O)c1ccc(NC(=O)CCN)c(Br)c1. The van der Waals surface area contributed by atoms with Crippen LogP contribution in [0.1, 0.15) is 23.7 Å². The first kappa shape index (κ1) is 14.7. The van der Waals surface area contributed by atoms with E-state index >= 15 is 0 Å². The van der Waals surface area contributed by atoms with Crippen molar-refractivity contribution in [1.29, 1.82) is 0 Å². The Balaban J connectivity index is 2.79. The number of ether oxygens (including phenoxy) is 1. The lowest BCUT2D eigenvalue weighted by Crippen LogP contribution is -2.16. The molecule has 98 valence electrons. The summed E-state index contributed by atoms with van der Waals surface area (Å²) in [7, 11) is 0. The van der Waals surface area contributed by atoms with Crippen LogP contribution in [-0.2, 0) is 9.53 Å². The van der Waals surface area contributed by atoms with E-state index in [2.05, 4.69) is 21.2 Å². The molecule has 6 heteroatoms. The van der Waals surface area contributed by atoms with E-state index in [-0.39, 0.29) is 12.3 Å². The summed E-state index contributed by atoms with van der Waals surface area (Å²) in [5.74, 6) is -0.555. The van der Waals surface area contributed by atoms with Crippen molar-refractivity contribution < 1.29 is 14.3 Å². The standard InChI is InChI=1S/C12H15BrN2O3/c1-2-18-12(17)8-3-4-10(9(13)7-8)15-11(16)5-6-14/h3-4,7H,2,5-6,14H2,1H3,(H,15,16). The third kappa shape index (κ3) is 4.12. The van der Waals surface area contributed by atoms with Crippen molar-refractivity contribution in [2.24, 2.45) is 5.73 Å². The third-order valence-electron chi connectivity index (χ3n) is 2.13. The van der Waals surface area contributed by atoms with Crippen LogP contribution in [0.15, 0.2) is 22.7 Å². The molecule has 0 heterocycles. The van der Waals surface area contributed by atoms with Crippen LogP contribution in [0.4, 0.5) is 5.69 Å². The monoisotopic (exact) mass is 314 g/mol. The number of halogens is 1. The first-order valence-corrected chi connectivity index (χ1v) is 6.34. The molecular weight excluding hydrogens is 300 g/mol. The van der Waals surface area contributed by atoms with E-state index in [0.29, 0.717) is 28.9 Å². The second-order valence-corrected chi connectivity index (χ2v) is 4.36. The van der Waals surface area contributed by atoms with Gasteiger partial charge in [-0.2, -0.15) is 0 Å². The highest BCUT2D eigenvalue weighted by molar-refractivity contribution is 9.10. The fourth-order valence-corrected chi connectivity index (χ4v) is 1.78. The Kier molecular flexibility index (Phi) is 5.80. The normalized spacial score (nSPS) is 9.94. The molecule has 3 N–H and O–H groups in total. The van der Waals surface area contributed by atoms with Gasteiger partial charge in [0.05, 0.1) is 17.9 Å². The Morgan fingerprint density at radius 3 is 2.72 bits per heavy atom. The van der Waals surface area contributed by atoms with Gasteiger partial charge in [0.25, 0.3) is 0 Å². The molecule has 0 aliphatic heterocycles. The largest absolute Gasteiger partial charge is 0.462 e. The van der Waals surface area contributed by atoms with Crippen LogP contribution in [0.5, 0.6) is 0 Å². The number of nitrogens with one attached hydrogen (secondary N) is 1. The second-order valence-electron chi connectivity index (χ2n) is 3.50. The Morgan fingerprint density at radius 1 is 1.44 bits per heavy atom. The summed E-state index contributed by atoms with van der Waals surface area (Å²) < 4.78 is 5.50. The number of anilines is 1. The lowest BCUT2D eigenvalue weighted by molar-refractivity contribution is -0.116. The average molecular weight is 315 g/mol. The Labute approximate surface area is 114 Å². The molecule has 0 aromatic heterocycles. The van der Waals surface area contributed by atoms with E-state index in [9.17, 15) is 9.59 Å². The van der Waals surface area contributed by atoms with Crippen LogP contribution >= 0.6 is 15.9 Å². The van der Waals surface area contributed by atoms with Gasteiger partial charge in [-0.3, -0.25) is 4.79 Å². The highest BCUT2D eigenvalue weighted by Crippen LogP contribution is 2.24. The minimum Gasteiger partial charge on any atom is -0.462 e. The number of carbonyl (C=O) groups excluding carboxylic acids is 2.